The lowest BCUT2D eigenvalue weighted by Gasteiger charge is -2.07. The summed E-state index contributed by atoms with van der Waals surface area (Å²) in [4.78, 5) is 0. The molecule has 0 heterocycles. The number of hydrogen-bond acceptors (Lipinski definition) is 0. The van der Waals surface area contributed by atoms with E-state index in [-0.39, 0.29) is 0 Å². The highest BCUT2D eigenvalue weighted by Gasteiger charge is 2.02. The quantitative estimate of drug-likeness (QED) is 0.490. The maximum Gasteiger partial charge on any atom is 0.0136 e. The predicted molar refractivity (Wildman–Crippen MR) is 94.8 cm³/mol. The molecule has 0 unspecified atom stereocenters. The van der Waals surface area contributed by atoms with Gasteiger partial charge in [0.2, 0.25) is 0 Å². The standard InChI is InChI=1S/C19H15I/c1-14-8-10-15(11-9-14)16-4-2-5-17(12-16)18-6-3-7-19(20)13-18/h2-13H,1H3. The molecule has 0 aliphatic rings. The van der Waals surface area contributed by atoms with Gasteiger partial charge in [-0.05, 0) is 70.0 Å². The Morgan fingerprint density at radius 3 is 1.80 bits per heavy atom. The third-order valence-corrected chi connectivity index (χ3v) is 4.08. The van der Waals surface area contributed by atoms with Crippen molar-refractivity contribution in [1.29, 1.82) is 0 Å². The Morgan fingerprint density at radius 1 is 0.600 bits per heavy atom. The summed E-state index contributed by atoms with van der Waals surface area (Å²) in [6, 6.07) is 26.0. The molecule has 0 aliphatic carbocycles. The average Bonchev–Trinajstić information content (AvgIpc) is 2.48. The summed E-state index contributed by atoms with van der Waals surface area (Å²) in [5, 5.41) is 0. The van der Waals surface area contributed by atoms with Crippen LogP contribution in [0, 0.1) is 10.5 Å². The lowest BCUT2D eigenvalue weighted by Crippen LogP contribution is -1.82. The molecule has 3 aromatic carbocycles. The third-order valence-electron chi connectivity index (χ3n) is 3.41. The van der Waals surface area contributed by atoms with Crippen molar-refractivity contribution in [3.8, 4) is 22.3 Å². The van der Waals surface area contributed by atoms with Crippen molar-refractivity contribution in [2.24, 2.45) is 0 Å². The maximum absolute atomic E-state index is 2.36. The van der Waals surface area contributed by atoms with Crippen LogP contribution in [0.4, 0.5) is 0 Å². The molecule has 1 heteroatoms. The van der Waals surface area contributed by atoms with Gasteiger partial charge in [0, 0.05) is 3.57 Å². The Morgan fingerprint density at radius 2 is 1.15 bits per heavy atom. The largest absolute Gasteiger partial charge is 0.0610 e. The second-order valence-corrected chi connectivity index (χ2v) is 6.20. The first-order valence-corrected chi connectivity index (χ1v) is 7.73. The van der Waals surface area contributed by atoms with Crippen LogP contribution in [0.3, 0.4) is 0 Å². The molecule has 0 radical (unpaired) electrons. The van der Waals surface area contributed by atoms with Crippen LogP contribution < -0.4 is 0 Å². The van der Waals surface area contributed by atoms with Gasteiger partial charge in [-0.15, -0.1) is 0 Å². The molecule has 0 N–H and O–H groups in total. The predicted octanol–water partition coefficient (Wildman–Crippen LogP) is 5.93. The number of aryl methyl sites for hydroxylation is 1. The van der Waals surface area contributed by atoms with Gasteiger partial charge in [0.25, 0.3) is 0 Å². The highest BCUT2D eigenvalue weighted by molar-refractivity contribution is 14.1. The fraction of sp³-hybridized carbons (Fsp3) is 0.0526. The Bertz CT molecular complexity index is 727. The molecule has 98 valence electrons. The van der Waals surface area contributed by atoms with E-state index in [0.29, 0.717) is 0 Å². The van der Waals surface area contributed by atoms with Crippen molar-refractivity contribution in [2.45, 2.75) is 6.92 Å². The molecule has 0 bridgehead atoms. The Kier molecular flexibility index (Phi) is 3.88. The Labute approximate surface area is 133 Å². The molecule has 0 spiro atoms. The van der Waals surface area contributed by atoms with Crippen molar-refractivity contribution in [3.63, 3.8) is 0 Å². The fourth-order valence-electron chi connectivity index (χ4n) is 2.29. The second-order valence-electron chi connectivity index (χ2n) is 4.96. The van der Waals surface area contributed by atoms with E-state index in [0.717, 1.165) is 0 Å². The topological polar surface area (TPSA) is 0 Å². The van der Waals surface area contributed by atoms with Crippen molar-refractivity contribution in [3.05, 3.63) is 81.9 Å². The molecule has 0 aromatic heterocycles. The monoisotopic (exact) mass is 370 g/mol. The summed E-state index contributed by atoms with van der Waals surface area (Å²) in [5.41, 5.74) is 6.36. The van der Waals surface area contributed by atoms with Gasteiger partial charge in [-0.1, -0.05) is 60.2 Å². The molecule has 0 atom stereocenters. The minimum atomic E-state index is 1.26. The van der Waals surface area contributed by atoms with E-state index in [4.69, 9.17) is 0 Å². The minimum absolute atomic E-state index is 1.26. The molecule has 20 heavy (non-hydrogen) atoms. The van der Waals surface area contributed by atoms with Crippen LogP contribution >= 0.6 is 22.6 Å². The summed E-state index contributed by atoms with van der Waals surface area (Å²) in [6.45, 7) is 2.12. The van der Waals surface area contributed by atoms with Gasteiger partial charge in [-0.2, -0.15) is 0 Å². The van der Waals surface area contributed by atoms with Gasteiger partial charge in [0.1, 0.15) is 0 Å². The van der Waals surface area contributed by atoms with Gasteiger partial charge < -0.3 is 0 Å². The number of benzene rings is 3. The molecule has 3 aromatic rings. The van der Waals surface area contributed by atoms with E-state index in [1.807, 2.05) is 0 Å². The van der Waals surface area contributed by atoms with Crippen molar-refractivity contribution in [2.75, 3.05) is 0 Å². The van der Waals surface area contributed by atoms with E-state index in [1.54, 1.807) is 0 Å². The van der Waals surface area contributed by atoms with E-state index in [1.165, 1.54) is 31.4 Å². The Hall–Kier alpha value is -1.61. The van der Waals surface area contributed by atoms with Gasteiger partial charge in [-0.3, -0.25) is 0 Å². The average molecular weight is 370 g/mol. The summed E-state index contributed by atoms with van der Waals surface area (Å²) in [5.74, 6) is 0. The maximum atomic E-state index is 2.36. The second kappa shape index (κ2) is 5.80. The zero-order valence-corrected chi connectivity index (χ0v) is 13.5. The molecule has 0 saturated carbocycles. The van der Waals surface area contributed by atoms with Gasteiger partial charge in [-0.25, -0.2) is 0 Å². The smallest absolute Gasteiger partial charge is 0.0136 e. The van der Waals surface area contributed by atoms with Crippen LogP contribution in [0.25, 0.3) is 22.3 Å². The van der Waals surface area contributed by atoms with Gasteiger partial charge in [0.05, 0.1) is 0 Å². The van der Waals surface area contributed by atoms with E-state index < -0.39 is 0 Å². The molecule has 0 saturated heterocycles. The molecule has 0 amide bonds. The van der Waals surface area contributed by atoms with Crippen LogP contribution in [0.2, 0.25) is 0 Å². The third kappa shape index (κ3) is 2.93. The van der Waals surface area contributed by atoms with Crippen molar-refractivity contribution in [1.82, 2.24) is 0 Å². The van der Waals surface area contributed by atoms with E-state index >= 15 is 0 Å². The van der Waals surface area contributed by atoms with E-state index in [2.05, 4.69) is 102 Å². The van der Waals surface area contributed by atoms with Crippen molar-refractivity contribution >= 4 is 22.6 Å². The summed E-state index contributed by atoms with van der Waals surface area (Å²) >= 11 is 2.36. The van der Waals surface area contributed by atoms with Crippen LogP contribution in [0.1, 0.15) is 5.56 Å². The highest BCUT2D eigenvalue weighted by Crippen LogP contribution is 2.27. The molecular weight excluding hydrogens is 355 g/mol. The van der Waals surface area contributed by atoms with Crippen LogP contribution in [0.15, 0.2) is 72.8 Å². The lowest BCUT2D eigenvalue weighted by molar-refractivity contribution is 1.47. The van der Waals surface area contributed by atoms with Crippen molar-refractivity contribution < 1.29 is 0 Å². The molecule has 0 aliphatic heterocycles. The summed E-state index contributed by atoms with van der Waals surface area (Å²) in [6.07, 6.45) is 0. The fourth-order valence-corrected chi connectivity index (χ4v) is 2.84. The normalized spacial score (nSPS) is 10.5. The zero-order valence-electron chi connectivity index (χ0n) is 11.3. The number of hydrogen-bond donors (Lipinski definition) is 0. The van der Waals surface area contributed by atoms with Crippen LogP contribution in [0.5, 0.6) is 0 Å². The molecule has 0 nitrogen and oxygen atoms in total. The zero-order chi connectivity index (χ0) is 13.9. The lowest BCUT2D eigenvalue weighted by atomic mass is 9.99. The number of rotatable bonds is 2. The highest BCUT2D eigenvalue weighted by atomic mass is 127. The van der Waals surface area contributed by atoms with Gasteiger partial charge in [0.15, 0.2) is 0 Å². The SMILES string of the molecule is Cc1ccc(-c2cccc(-c3cccc(I)c3)c2)cc1. The van der Waals surface area contributed by atoms with Crippen LogP contribution in [-0.4, -0.2) is 0 Å². The first-order valence-electron chi connectivity index (χ1n) is 6.65. The Balaban J connectivity index is 2.03. The molecular formula is C19H15I. The summed E-state index contributed by atoms with van der Waals surface area (Å²) in [7, 11) is 0. The first kappa shape index (κ1) is 13.4. The minimum Gasteiger partial charge on any atom is -0.0610 e. The first-order chi connectivity index (χ1) is 9.72. The number of halogens is 1. The molecule has 3 rings (SSSR count). The van der Waals surface area contributed by atoms with Crippen LogP contribution in [-0.2, 0) is 0 Å². The molecule has 0 fully saturated rings. The van der Waals surface area contributed by atoms with E-state index in [9.17, 15) is 0 Å². The van der Waals surface area contributed by atoms with Gasteiger partial charge >= 0.3 is 0 Å². The summed E-state index contributed by atoms with van der Waals surface area (Å²) < 4.78 is 1.26.